The zero-order valence-corrected chi connectivity index (χ0v) is 8.36. The molecule has 0 unspecified atom stereocenters. The first kappa shape index (κ1) is 9.60. The van der Waals surface area contributed by atoms with Crippen molar-refractivity contribution in [3.63, 3.8) is 0 Å². The van der Waals surface area contributed by atoms with E-state index < -0.39 is 5.97 Å². The third-order valence-electron chi connectivity index (χ3n) is 1.78. The smallest absolute Gasteiger partial charge is 0.356 e. The molecule has 0 aliphatic heterocycles. The molecule has 2 heterocycles. The molecule has 0 amide bonds. The molecule has 0 fully saturated rings. The average Bonchev–Trinajstić information content (AvgIpc) is 2.71. The number of carbonyl (C=O) groups is 1. The van der Waals surface area contributed by atoms with Gasteiger partial charge in [-0.2, -0.15) is 0 Å². The number of anilines is 1. The van der Waals surface area contributed by atoms with Crippen LogP contribution < -0.4 is 5.73 Å². The van der Waals surface area contributed by atoms with Gasteiger partial charge in [0.25, 0.3) is 0 Å². The number of carboxylic acid groups (broad SMARTS) is 1. The number of nitrogens with two attached hydrogens (primary N) is 1. The molecular formula is C9H7N3O2S. The van der Waals surface area contributed by atoms with Gasteiger partial charge in [0.2, 0.25) is 0 Å². The Labute approximate surface area is 89.2 Å². The Morgan fingerprint density at radius 2 is 2.27 bits per heavy atom. The second kappa shape index (κ2) is 3.66. The molecule has 3 N–H and O–H groups in total. The first-order chi connectivity index (χ1) is 7.18. The Morgan fingerprint density at radius 3 is 2.87 bits per heavy atom. The number of aromatic nitrogens is 2. The molecule has 0 aliphatic rings. The Kier molecular flexibility index (Phi) is 2.34. The molecule has 5 nitrogen and oxygen atoms in total. The van der Waals surface area contributed by atoms with E-state index in [0.29, 0.717) is 10.7 Å². The van der Waals surface area contributed by atoms with E-state index in [-0.39, 0.29) is 11.4 Å². The number of thiazole rings is 1. The van der Waals surface area contributed by atoms with E-state index in [1.54, 1.807) is 17.6 Å². The zero-order chi connectivity index (χ0) is 10.8. The molecule has 0 aliphatic carbocycles. The minimum absolute atomic E-state index is 0.136. The van der Waals surface area contributed by atoms with Crippen molar-refractivity contribution in [3.05, 3.63) is 29.4 Å². The number of rotatable bonds is 2. The Morgan fingerprint density at radius 1 is 1.47 bits per heavy atom. The zero-order valence-electron chi connectivity index (χ0n) is 7.54. The van der Waals surface area contributed by atoms with Crippen molar-refractivity contribution in [1.82, 2.24) is 9.97 Å². The molecular weight excluding hydrogens is 214 g/mol. The van der Waals surface area contributed by atoms with E-state index in [4.69, 9.17) is 10.8 Å². The van der Waals surface area contributed by atoms with E-state index >= 15 is 0 Å². The van der Waals surface area contributed by atoms with Crippen molar-refractivity contribution < 1.29 is 9.90 Å². The maximum atomic E-state index is 10.8. The maximum Gasteiger partial charge on any atom is 0.356 e. The van der Waals surface area contributed by atoms with Crippen LogP contribution in [0.4, 0.5) is 5.69 Å². The van der Waals surface area contributed by atoms with E-state index in [1.807, 2.05) is 0 Å². The van der Waals surface area contributed by atoms with Crippen LogP contribution >= 0.6 is 11.3 Å². The number of nitrogen functional groups attached to an aromatic ring is 1. The third-order valence-corrected chi connectivity index (χ3v) is 2.58. The summed E-state index contributed by atoms with van der Waals surface area (Å²) < 4.78 is 0. The lowest BCUT2D eigenvalue weighted by Crippen LogP contribution is -2.06. The standard InChI is InChI=1S/C9H7N3O2S/c10-5-1-2-6(8-11-3-4-15-8)12-7(5)9(13)14/h1-4H,10H2,(H,13,14). The fraction of sp³-hybridized carbons (Fsp3) is 0. The number of aromatic carboxylic acids is 1. The highest BCUT2D eigenvalue weighted by Crippen LogP contribution is 2.21. The lowest BCUT2D eigenvalue weighted by Gasteiger charge is -2.01. The van der Waals surface area contributed by atoms with Crippen LogP contribution in [-0.2, 0) is 0 Å². The molecule has 0 aromatic carbocycles. The SMILES string of the molecule is Nc1ccc(-c2nccs2)nc1C(=O)O. The molecule has 0 saturated carbocycles. The summed E-state index contributed by atoms with van der Waals surface area (Å²) >= 11 is 1.39. The monoisotopic (exact) mass is 221 g/mol. The molecule has 0 bridgehead atoms. The highest BCUT2D eigenvalue weighted by atomic mass is 32.1. The van der Waals surface area contributed by atoms with Crippen LogP contribution in [0.15, 0.2) is 23.7 Å². The van der Waals surface area contributed by atoms with Gasteiger partial charge in [-0.15, -0.1) is 11.3 Å². The topological polar surface area (TPSA) is 89.1 Å². The van der Waals surface area contributed by atoms with Crippen LogP contribution in [-0.4, -0.2) is 21.0 Å². The van der Waals surface area contributed by atoms with Gasteiger partial charge in [-0.1, -0.05) is 0 Å². The highest BCUT2D eigenvalue weighted by molar-refractivity contribution is 7.13. The van der Waals surface area contributed by atoms with Gasteiger partial charge in [0.05, 0.1) is 5.69 Å². The van der Waals surface area contributed by atoms with Gasteiger partial charge >= 0.3 is 5.97 Å². The van der Waals surface area contributed by atoms with Crippen LogP contribution in [0.1, 0.15) is 10.5 Å². The summed E-state index contributed by atoms with van der Waals surface area (Å²) in [5.74, 6) is -1.13. The number of hydrogen-bond acceptors (Lipinski definition) is 5. The molecule has 0 radical (unpaired) electrons. The van der Waals surface area contributed by atoms with Gasteiger partial charge in [-0.3, -0.25) is 0 Å². The lowest BCUT2D eigenvalue weighted by atomic mass is 10.2. The van der Waals surface area contributed by atoms with Crippen LogP contribution in [0.25, 0.3) is 10.7 Å². The van der Waals surface area contributed by atoms with Crippen LogP contribution in [0.3, 0.4) is 0 Å². The van der Waals surface area contributed by atoms with Crippen molar-refractivity contribution in [2.75, 3.05) is 5.73 Å². The van der Waals surface area contributed by atoms with E-state index in [0.717, 1.165) is 0 Å². The van der Waals surface area contributed by atoms with Crippen molar-refractivity contribution in [1.29, 1.82) is 0 Å². The molecule has 2 rings (SSSR count). The molecule has 6 heteroatoms. The number of pyridine rings is 1. The van der Waals surface area contributed by atoms with Gasteiger partial charge in [0, 0.05) is 11.6 Å². The first-order valence-electron chi connectivity index (χ1n) is 4.08. The minimum Gasteiger partial charge on any atom is -0.476 e. The van der Waals surface area contributed by atoms with Gasteiger partial charge in [-0.05, 0) is 12.1 Å². The lowest BCUT2D eigenvalue weighted by molar-refractivity contribution is 0.0692. The maximum absolute atomic E-state index is 10.8. The fourth-order valence-electron chi connectivity index (χ4n) is 1.11. The van der Waals surface area contributed by atoms with Crippen LogP contribution in [0.2, 0.25) is 0 Å². The first-order valence-corrected chi connectivity index (χ1v) is 4.96. The largest absolute Gasteiger partial charge is 0.476 e. The van der Waals surface area contributed by atoms with Crippen molar-refractivity contribution in [2.45, 2.75) is 0 Å². The van der Waals surface area contributed by atoms with E-state index in [9.17, 15) is 4.79 Å². The highest BCUT2D eigenvalue weighted by Gasteiger charge is 2.12. The predicted molar refractivity (Wildman–Crippen MR) is 56.7 cm³/mol. The molecule has 0 spiro atoms. The van der Waals surface area contributed by atoms with E-state index in [2.05, 4.69) is 9.97 Å². The van der Waals surface area contributed by atoms with Gasteiger partial charge in [0.1, 0.15) is 10.7 Å². The van der Waals surface area contributed by atoms with Gasteiger partial charge in [0.15, 0.2) is 5.69 Å². The molecule has 2 aromatic heterocycles. The van der Waals surface area contributed by atoms with Crippen molar-refractivity contribution in [2.24, 2.45) is 0 Å². The predicted octanol–water partition coefficient (Wildman–Crippen LogP) is 1.49. The fourth-order valence-corrected chi connectivity index (χ4v) is 1.72. The number of carboxylic acids is 1. The summed E-state index contributed by atoms with van der Waals surface area (Å²) in [6, 6.07) is 3.17. The van der Waals surface area contributed by atoms with Gasteiger partial charge < -0.3 is 10.8 Å². The Bertz CT molecular complexity index is 496. The van der Waals surface area contributed by atoms with E-state index in [1.165, 1.54) is 17.4 Å². The second-order valence-corrected chi connectivity index (χ2v) is 3.67. The Balaban J connectivity index is 2.52. The average molecular weight is 221 g/mol. The summed E-state index contributed by atoms with van der Waals surface area (Å²) in [6.07, 6.45) is 1.64. The van der Waals surface area contributed by atoms with Crippen molar-refractivity contribution >= 4 is 23.0 Å². The molecule has 15 heavy (non-hydrogen) atoms. The molecule has 76 valence electrons. The summed E-state index contributed by atoms with van der Waals surface area (Å²) in [5.41, 5.74) is 6.03. The quantitative estimate of drug-likeness (QED) is 0.801. The summed E-state index contributed by atoms with van der Waals surface area (Å²) in [4.78, 5) is 18.8. The van der Waals surface area contributed by atoms with Crippen molar-refractivity contribution in [3.8, 4) is 10.7 Å². The summed E-state index contributed by atoms with van der Waals surface area (Å²) in [6.45, 7) is 0. The minimum atomic E-state index is -1.13. The number of hydrogen-bond donors (Lipinski definition) is 2. The van der Waals surface area contributed by atoms with Crippen LogP contribution in [0.5, 0.6) is 0 Å². The molecule has 0 atom stereocenters. The second-order valence-electron chi connectivity index (χ2n) is 2.78. The van der Waals surface area contributed by atoms with Crippen LogP contribution in [0, 0.1) is 0 Å². The Hall–Kier alpha value is -1.95. The normalized spacial score (nSPS) is 10.1. The molecule has 0 saturated heterocycles. The number of nitrogens with zero attached hydrogens (tertiary/aromatic N) is 2. The molecule has 2 aromatic rings. The third kappa shape index (κ3) is 1.79. The summed E-state index contributed by atoms with van der Waals surface area (Å²) in [5, 5.41) is 11.3. The summed E-state index contributed by atoms with van der Waals surface area (Å²) in [7, 11) is 0. The van der Waals surface area contributed by atoms with Gasteiger partial charge in [-0.25, -0.2) is 14.8 Å².